The molecular weight excluding hydrogens is 758 g/mol. The Kier molecular flexibility index (Phi) is 11.4. The van der Waals surface area contributed by atoms with Gasteiger partial charge in [0.15, 0.2) is 0 Å². The fourth-order valence-corrected chi connectivity index (χ4v) is 13.5. The van der Waals surface area contributed by atoms with E-state index in [0.717, 1.165) is 35.4 Å². The van der Waals surface area contributed by atoms with E-state index in [2.05, 4.69) is 10.6 Å². The molecule has 268 valence electrons. The first kappa shape index (κ1) is 36.9. The summed E-state index contributed by atoms with van der Waals surface area (Å²) in [5.41, 5.74) is 2.89. The Labute approximate surface area is 310 Å². The number of halogens is 2. The fourth-order valence-electron chi connectivity index (χ4n) is 6.75. The van der Waals surface area contributed by atoms with E-state index in [-0.39, 0.29) is 11.8 Å². The van der Waals surface area contributed by atoms with Crippen molar-refractivity contribution in [2.45, 2.75) is 65.5 Å². The molecule has 0 radical (unpaired) electrons. The van der Waals surface area contributed by atoms with Gasteiger partial charge in [-0.3, -0.25) is 0 Å². The molecule has 2 aliphatic rings. The van der Waals surface area contributed by atoms with Crippen molar-refractivity contribution in [3.05, 3.63) is 81.0 Å². The summed E-state index contributed by atoms with van der Waals surface area (Å²) in [6.07, 6.45) is 3.69. The van der Waals surface area contributed by atoms with Crippen LogP contribution in [0.5, 0.6) is 0 Å². The molecule has 0 saturated carbocycles. The Hall–Kier alpha value is -3.90. The molecule has 0 bridgehead atoms. The van der Waals surface area contributed by atoms with Crippen LogP contribution in [0.4, 0.5) is 8.78 Å². The maximum atomic E-state index is 14.6. The van der Waals surface area contributed by atoms with Gasteiger partial charge in [-0.1, -0.05) is 0 Å². The zero-order valence-electron chi connectivity index (χ0n) is 28.9. The number of carbonyl (C=O) groups is 4. The SMILES string of the molecule is Cc1sc([Se]c2sc(C)c(-c3cccc(F)c3)c2C(=O)NC(C)C(=O)N2CCCC2)c(C(=O)NC(C)C(=O)N2CCCC2)c1-c1cccc(F)c1. The topological polar surface area (TPSA) is 98.8 Å². The number of nitrogens with one attached hydrogen (secondary N) is 2. The van der Waals surface area contributed by atoms with Gasteiger partial charge in [-0.25, -0.2) is 0 Å². The Bertz CT molecular complexity index is 1840. The van der Waals surface area contributed by atoms with Gasteiger partial charge in [0.25, 0.3) is 0 Å². The summed E-state index contributed by atoms with van der Waals surface area (Å²) in [4.78, 5) is 60.0. The van der Waals surface area contributed by atoms with E-state index < -0.39 is 50.5 Å². The summed E-state index contributed by atoms with van der Waals surface area (Å²) in [7, 11) is 0. The number of nitrogens with zero attached hydrogens (tertiary/aromatic N) is 2. The van der Waals surface area contributed by atoms with E-state index in [1.54, 1.807) is 47.9 Å². The zero-order chi connectivity index (χ0) is 36.4. The van der Waals surface area contributed by atoms with Gasteiger partial charge >= 0.3 is 312 Å². The molecule has 4 amide bonds. The van der Waals surface area contributed by atoms with Crippen LogP contribution in [0.1, 0.15) is 70.0 Å². The number of carbonyl (C=O) groups excluding carboxylic acids is 4. The van der Waals surface area contributed by atoms with Crippen molar-refractivity contribution < 1.29 is 28.0 Å². The third-order valence-corrected chi connectivity index (χ3v) is 14.6. The van der Waals surface area contributed by atoms with Gasteiger partial charge in [0.05, 0.1) is 0 Å². The predicted octanol–water partition coefficient (Wildman–Crippen LogP) is 5.18. The van der Waals surface area contributed by atoms with Crippen molar-refractivity contribution in [3.63, 3.8) is 0 Å². The minimum absolute atomic E-state index is 0.155. The number of hydrogen-bond donors (Lipinski definition) is 2. The molecule has 51 heavy (non-hydrogen) atoms. The Morgan fingerprint density at radius 3 is 1.39 bits per heavy atom. The van der Waals surface area contributed by atoms with Crippen LogP contribution in [-0.2, 0) is 9.59 Å². The first-order chi connectivity index (χ1) is 24.4. The monoisotopic (exact) mass is 798 g/mol. The van der Waals surface area contributed by atoms with E-state index in [1.807, 2.05) is 13.8 Å². The molecule has 2 fully saturated rings. The van der Waals surface area contributed by atoms with Crippen LogP contribution in [0.25, 0.3) is 22.3 Å². The Morgan fingerprint density at radius 1 is 0.667 bits per heavy atom. The van der Waals surface area contributed by atoms with Crippen molar-refractivity contribution in [3.8, 4) is 22.3 Å². The van der Waals surface area contributed by atoms with Crippen LogP contribution in [0.2, 0.25) is 0 Å². The van der Waals surface area contributed by atoms with Gasteiger partial charge in [0.1, 0.15) is 0 Å². The van der Waals surface area contributed by atoms with Crippen LogP contribution in [0.15, 0.2) is 48.5 Å². The fraction of sp³-hybridized carbons (Fsp3) is 0.368. The second-order valence-electron chi connectivity index (χ2n) is 13.0. The number of benzene rings is 2. The molecule has 2 unspecified atom stereocenters. The molecule has 2 N–H and O–H groups in total. The number of amides is 4. The number of thiophene rings is 2. The molecule has 2 saturated heterocycles. The summed E-state index contributed by atoms with van der Waals surface area (Å²) < 4.78 is 30.5. The van der Waals surface area contributed by atoms with Gasteiger partial charge in [0, 0.05) is 0 Å². The standard InChI is InChI=1S/C38H40F2N4O4S2Se/c1-21(35(47)43-15-5-6-16-43)41-33(45)31-29(25-11-9-13-27(39)19-25)23(3)49-37(31)51-38-32(30(24(4)50-38)26-12-10-14-28(40)20-26)34(46)42-22(2)36(48)44-17-7-8-18-44/h9-14,19-22H,5-8,15-18H2,1-4H3,(H,41,45)(H,42,46). The van der Waals surface area contributed by atoms with Crippen LogP contribution in [0.3, 0.4) is 0 Å². The van der Waals surface area contributed by atoms with Gasteiger partial charge in [-0.2, -0.15) is 0 Å². The quantitative estimate of drug-likeness (QED) is 0.217. The molecule has 0 aliphatic carbocycles. The van der Waals surface area contributed by atoms with Crippen molar-refractivity contribution >= 4 is 68.8 Å². The summed E-state index contributed by atoms with van der Waals surface area (Å²) in [5, 5.41) is 5.84. The molecule has 2 aromatic heterocycles. The molecule has 2 atom stereocenters. The van der Waals surface area contributed by atoms with Crippen LogP contribution in [0, 0.1) is 25.5 Å². The van der Waals surface area contributed by atoms with E-state index in [0.29, 0.717) is 67.1 Å². The van der Waals surface area contributed by atoms with Crippen molar-refractivity contribution in [2.24, 2.45) is 0 Å². The van der Waals surface area contributed by atoms with Crippen LogP contribution >= 0.6 is 22.7 Å². The third-order valence-electron chi connectivity index (χ3n) is 9.24. The van der Waals surface area contributed by atoms with Crippen molar-refractivity contribution in [1.82, 2.24) is 20.4 Å². The number of likely N-dealkylation sites (tertiary alicyclic amines) is 2. The van der Waals surface area contributed by atoms with Gasteiger partial charge in [-0.15, -0.1) is 0 Å². The molecule has 4 heterocycles. The number of hydrogen-bond acceptors (Lipinski definition) is 6. The van der Waals surface area contributed by atoms with E-state index in [1.165, 1.54) is 46.9 Å². The average Bonchev–Trinajstić information content (AvgIpc) is 3.91. The average molecular weight is 798 g/mol. The maximum absolute atomic E-state index is 14.6. The van der Waals surface area contributed by atoms with Crippen molar-refractivity contribution in [1.29, 1.82) is 0 Å². The van der Waals surface area contributed by atoms with Crippen LogP contribution in [-0.4, -0.2) is 86.6 Å². The second kappa shape index (κ2) is 15.8. The normalized spacial score (nSPS) is 15.6. The number of rotatable bonds is 10. The van der Waals surface area contributed by atoms with E-state index in [4.69, 9.17) is 0 Å². The summed E-state index contributed by atoms with van der Waals surface area (Å²) in [5.74, 6) is -2.11. The van der Waals surface area contributed by atoms with Crippen LogP contribution < -0.4 is 18.2 Å². The van der Waals surface area contributed by atoms with E-state index in [9.17, 15) is 28.0 Å². The minimum atomic E-state index is -0.781. The summed E-state index contributed by atoms with van der Waals surface area (Å²) in [6.45, 7) is 9.69. The molecule has 4 aromatic rings. The van der Waals surface area contributed by atoms with E-state index >= 15 is 0 Å². The summed E-state index contributed by atoms with van der Waals surface area (Å²) >= 11 is 2.16. The summed E-state index contributed by atoms with van der Waals surface area (Å²) in [6, 6.07) is 10.6. The molecule has 8 nitrogen and oxygen atoms in total. The van der Waals surface area contributed by atoms with Crippen molar-refractivity contribution in [2.75, 3.05) is 26.2 Å². The third kappa shape index (κ3) is 7.96. The molecule has 6 rings (SSSR count). The van der Waals surface area contributed by atoms with Gasteiger partial charge in [-0.05, 0) is 0 Å². The predicted molar refractivity (Wildman–Crippen MR) is 199 cm³/mol. The van der Waals surface area contributed by atoms with Gasteiger partial charge < -0.3 is 0 Å². The Balaban J connectivity index is 1.42. The molecular formula is C38H40F2N4O4S2Se. The zero-order valence-corrected chi connectivity index (χ0v) is 32.3. The molecule has 2 aromatic carbocycles. The molecule has 13 heteroatoms. The first-order valence-corrected chi connectivity index (χ1v) is 20.4. The van der Waals surface area contributed by atoms with Gasteiger partial charge in [0.2, 0.25) is 0 Å². The first-order valence-electron chi connectivity index (χ1n) is 17.1. The molecule has 2 aliphatic heterocycles. The molecule has 0 spiro atoms. The second-order valence-corrected chi connectivity index (χ2v) is 18.7. The number of aryl methyl sites for hydroxylation is 2. The Morgan fingerprint density at radius 2 is 1.04 bits per heavy atom.